The van der Waals surface area contributed by atoms with Crippen molar-refractivity contribution in [1.82, 2.24) is 4.90 Å². The van der Waals surface area contributed by atoms with E-state index in [1.807, 2.05) is 0 Å². The third-order valence-corrected chi connectivity index (χ3v) is 5.14. The Bertz CT molecular complexity index is 715. The number of nitro groups is 1. The summed E-state index contributed by atoms with van der Waals surface area (Å²) in [5.41, 5.74) is 0.0398. The lowest BCUT2D eigenvalue weighted by Gasteiger charge is -2.27. The molecule has 1 atom stereocenters. The van der Waals surface area contributed by atoms with Gasteiger partial charge < -0.3 is 14.6 Å². The molecule has 0 aliphatic carbocycles. The lowest BCUT2D eigenvalue weighted by molar-refractivity contribution is -0.387. The molecule has 1 unspecified atom stereocenters. The van der Waals surface area contributed by atoms with Gasteiger partial charge in [-0.1, -0.05) is 11.6 Å². The molecule has 0 bridgehead atoms. The topological polar surface area (TPSA) is 119 Å². The maximum absolute atomic E-state index is 11.5. The van der Waals surface area contributed by atoms with Crippen molar-refractivity contribution < 1.29 is 29.1 Å². The second-order valence-corrected chi connectivity index (χ2v) is 6.81. The molecule has 0 radical (unpaired) electrons. The van der Waals surface area contributed by atoms with Crippen LogP contribution in [0, 0.1) is 10.1 Å². The van der Waals surface area contributed by atoms with E-state index in [4.69, 9.17) is 16.3 Å². The number of carbonyl (C=O) groups is 2. The minimum absolute atomic E-state index is 0.0534. The van der Waals surface area contributed by atoms with Crippen LogP contribution in [0.5, 0.6) is 0 Å². The number of rotatable bonds is 5. The van der Waals surface area contributed by atoms with Gasteiger partial charge >= 0.3 is 12.1 Å². The maximum atomic E-state index is 11.5. The third-order valence-electron chi connectivity index (χ3n) is 3.79. The molecule has 1 aliphatic rings. The third kappa shape index (κ3) is 4.77. The second kappa shape index (κ2) is 9.06. The quantitative estimate of drug-likeness (QED) is 0.344. The van der Waals surface area contributed by atoms with Gasteiger partial charge in [0.05, 0.1) is 35.3 Å². The maximum Gasteiger partial charge on any atom is 0.407 e. The molecule has 26 heavy (non-hydrogen) atoms. The highest BCUT2D eigenvalue weighted by Gasteiger charge is 2.31. The van der Waals surface area contributed by atoms with Crippen LogP contribution in [0.25, 0.3) is 0 Å². The van der Waals surface area contributed by atoms with Crippen LogP contribution in [0.3, 0.4) is 0 Å². The first kappa shape index (κ1) is 20.3. The Morgan fingerprint density at radius 2 is 2.27 bits per heavy atom. The number of halogens is 1. The van der Waals surface area contributed by atoms with Gasteiger partial charge in [-0.15, -0.1) is 11.8 Å². The number of nitro benzene ring substituents is 1. The van der Waals surface area contributed by atoms with Gasteiger partial charge in [-0.25, -0.2) is 4.79 Å². The number of carbonyl (C=O) groups excluding carboxylic acids is 1. The molecular formula is C15H17ClN2O7S. The van der Waals surface area contributed by atoms with Crippen molar-refractivity contribution in [3.05, 3.63) is 32.8 Å². The molecule has 1 N–H and O–H groups in total. The normalized spacial score (nSPS) is 17.5. The zero-order valence-electron chi connectivity index (χ0n) is 13.8. The standard InChI is InChI=1S/C15H17ClN2O7S/c1-24-14(19)8-26-13-6-10(16)9(5-11(13)18(22)23)12-7-25-4-2-3-17(12)15(20)21/h5-6,12H,2-4,7-8H2,1H3,(H,20,21). The summed E-state index contributed by atoms with van der Waals surface area (Å²) in [6.45, 7) is 0.688. The van der Waals surface area contributed by atoms with Crippen molar-refractivity contribution in [3.63, 3.8) is 0 Å². The van der Waals surface area contributed by atoms with Crippen molar-refractivity contribution in [3.8, 4) is 0 Å². The highest BCUT2D eigenvalue weighted by molar-refractivity contribution is 8.00. The van der Waals surface area contributed by atoms with Gasteiger partial charge in [-0.2, -0.15) is 0 Å². The molecular weight excluding hydrogens is 388 g/mol. The number of nitrogens with zero attached hydrogens (tertiary/aromatic N) is 2. The predicted molar refractivity (Wildman–Crippen MR) is 93.8 cm³/mol. The smallest absolute Gasteiger partial charge is 0.407 e. The van der Waals surface area contributed by atoms with Crippen LogP contribution in [0.1, 0.15) is 18.0 Å². The summed E-state index contributed by atoms with van der Waals surface area (Å²) in [6, 6.07) is 1.87. The lowest BCUT2D eigenvalue weighted by atomic mass is 10.1. The molecule has 2 rings (SSSR count). The number of carboxylic acid groups (broad SMARTS) is 1. The molecule has 1 heterocycles. The van der Waals surface area contributed by atoms with Crippen LogP contribution in [0.15, 0.2) is 17.0 Å². The fraction of sp³-hybridized carbons (Fsp3) is 0.467. The molecule has 0 spiro atoms. The summed E-state index contributed by atoms with van der Waals surface area (Å²) in [6.07, 6.45) is -0.626. The molecule has 1 saturated heterocycles. The minimum atomic E-state index is -1.15. The molecule has 0 aromatic heterocycles. The molecule has 1 fully saturated rings. The van der Waals surface area contributed by atoms with E-state index in [0.717, 1.165) is 11.8 Å². The summed E-state index contributed by atoms with van der Waals surface area (Å²) in [5.74, 6) is -0.639. The number of ether oxygens (including phenoxy) is 2. The zero-order valence-corrected chi connectivity index (χ0v) is 15.4. The molecule has 1 aromatic carbocycles. The SMILES string of the molecule is COC(=O)CSc1cc(Cl)c(C2COCCCN2C(=O)O)cc1[N+](=O)[O-]. The number of hydrogen-bond donors (Lipinski definition) is 1. The fourth-order valence-electron chi connectivity index (χ4n) is 2.53. The Labute approximate surface area is 158 Å². The fourth-order valence-corrected chi connectivity index (χ4v) is 3.76. The summed E-state index contributed by atoms with van der Waals surface area (Å²) >= 11 is 7.21. The zero-order chi connectivity index (χ0) is 19.3. The Kier molecular flexibility index (Phi) is 7.06. The monoisotopic (exact) mass is 404 g/mol. The van der Waals surface area contributed by atoms with Gasteiger partial charge in [0, 0.05) is 29.8 Å². The van der Waals surface area contributed by atoms with Gasteiger partial charge in [-0.3, -0.25) is 19.8 Å². The summed E-state index contributed by atoms with van der Waals surface area (Å²) in [4.78, 5) is 35.0. The second-order valence-electron chi connectivity index (χ2n) is 5.38. The van der Waals surface area contributed by atoms with Crippen LogP contribution in [0.2, 0.25) is 5.02 Å². The van der Waals surface area contributed by atoms with E-state index in [-0.39, 0.29) is 34.5 Å². The van der Waals surface area contributed by atoms with Crippen LogP contribution in [0.4, 0.5) is 10.5 Å². The predicted octanol–water partition coefficient (Wildman–Crippen LogP) is 2.95. The van der Waals surface area contributed by atoms with Crippen molar-refractivity contribution in [2.45, 2.75) is 17.4 Å². The van der Waals surface area contributed by atoms with Crippen molar-refractivity contribution in [2.24, 2.45) is 0 Å². The van der Waals surface area contributed by atoms with Gasteiger partial charge in [-0.05, 0) is 12.5 Å². The number of amides is 1. The summed E-state index contributed by atoms with van der Waals surface area (Å²) in [5, 5.41) is 21.0. The highest BCUT2D eigenvalue weighted by Crippen LogP contribution is 2.38. The van der Waals surface area contributed by atoms with E-state index >= 15 is 0 Å². The summed E-state index contributed by atoms with van der Waals surface area (Å²) in [7, 11) is 1.22. The van der Waals surface area contributed by atoms with Crippen LogP contribution in [-0.2, 0) is 14.3 Å². The molecule has 1 aromatic rings. The first-order chi connectivity index (χ1) is 12.3. The van der Waals surface area contributed by atoms with Crippen LogP contribution in [-0.4, -0.2) is 59.6 Å². The Balaban J connectivity index is 2.42. The Hall–Kier alpha value is -2.04. The Morgan fingerprint density at radius 1 is 1.54 bits per heavy atom. The van der Waals surface area contributed by atoms with E-state index in [9.17, 15) is 24.8 Å². The first-order valence-corrected chi connectivity index (χ1v) is 8.96. The van der Waals surface area contributed by atoms with Gasteiger partial charge in [0.1, 0.15) is 0 Å². The van der Waals surface area contributed by atoms with E-state index in [0.29, 0.717) is 18.6 Å². The molecule has 11 heteroatoms. The van der Waals surface area contributed by atoms with Gasteiger partial charge in [0.15, 0.2) is 0 Å². The largest absolute Gasteiger partial charge is 0.468 e. The average molecular weight is 405 g/mol. The highest BCUT2D eigenvalue weighted by atomic mass is 35.5. The van der Waals surface area contributed by atoms with Gasteiger partial charge in [0.25, 0.3) is 5.69 Å². The molecule has 9 nitrogen and oxygen atoms in total. The average Bonchev–Trinajstić information content (AvgIpc) is 2.85. The molecule has 0 saturated carbocycles. The van der Waals surface area contributed by atoms with E-state index < -0.39 is 23.0 Å². The molecule has 1 amide bonds. The number of benzene rings is 1. The number of methoxy groups -OCH3 is 1. The van der Waals surface area contributed by atoms with Crippen LogP contribution >= 0.6 is 23.4 Å². The number of thioether (sulfide) groups is 1. The van der Waals surface area contributed by atoms with Crippen LogP contribution < -0.4 is 0 Å². The first-order valence-electron chi connectivity index (χ1n) is 7.60. The minimum Gasteiger partial charge on any atom is -0.468 e. The number of hydrogen-bond acceptors (Lipinski definition) is 7. The number of esters is 1. The Morgan fingerprint density at radius 3 is 2.88 bits per heavy atom. The van der Waals surface area contributed by atoms with E-state index in [1.54, 1.807) is 0 Å². The lowest BCUT2D eigenvalue weighted by Crippen LogP contribution is -2.35. The molecule has 142 valence electrons. The molecule has 1 aliphatic heterocycles. The van der Waals surface area contributed by atoms with Crippen molar-refractivity contribution >= 4 is 41.1 Å². The van der Waals surface area contributed by atoms with Crippen molar-refractivity contribution in [1.29, 1.82) is 0 Å². The van der Waals surface area contributed by atoms with E-state index in [2.05, 4.69) is 4.74 Å². The van der Waals surface area contributed by atoms with E-state index in [1.165, 1.54) is 24.1 Å². The van der Waals surface area contributed by atoms with Crippen molar-refractivity contribution in [2.75, 3.05) is 32.6 Å². The summed E-state index contributed by atoms with van der Waals surface area (Å²) < 4.78 is 9.95. The van der Waals surface area contributed by atoms with Gasteiger partial charge in [0.2, 0.25) is 0 Å².